The zero-order valence-corrected chi connectivity index (χ0v) is 9.33. The summed E-state index contributed by atoms with van der Waals surface area (Å²) in [7, 11) is 0. The zero-order valence-electron chi connectivity index (χ0n) is 8.52. The molecule has 1 rings (SSSR count). The van der Waals surface area contributed by atoms with Crippen molar-refractivity contribution < 1.29 is 0 Å². The molecular weight excluding hydrogens is 194 g/mol. The number of nitrogens with zero attached hydrogens (tertiary/aromatic N) is 2. The molecule has 3 nitrogen and oxygen atoms in total. The summed E-state index contributed by atoms with van der Waals surface area (Å²) >= 11 is 1.76. The SMILES string of the molecule is CC(N)CCCCSc1cnccn1. The molecule has 1 unspecified atom stereocenters. The molecule has 0 bridgehead atoms. The van der Waals surface area contributed by atoms with E-state index >= 15 is 0 Å². The molecule has 1 heterocycles. The van der Waals surface area contributed by atoms with Crippen molar-refractivity contribution in [1.82, 2.24) is 9.97 Å². The lowest BCUT2D eigenvalue weighted by molar-refractivity contribution is 0.618. The molecule has 0 saturated carbocycles. The maximum absolute atomic E-state index is 5.66. The molecule has 0 aliphatic heterocycles. The summed E-state index contributed by atoms with van der Waals surface area (Å²) in [6.45, 7) is 2.05. The Hall–Kier alpha value is -0.610. The summed E-state index contributed by atoms with van der Waals surface area (Å²) in [5.41, 5.74) is 5.66. The van der Waals surface area contributed by atoms with Crippen LogP contribution in [-0.2, 0) is 0 Å². The Morgan fingerprint density at radius 3 is 2.93 bits per heavy atom. The van der Waals surface area contributed by atoms with Crippen molar-refractivity contribution in [1.29, 1.82) is 0 Å². The van der Waals surface area contributed by atoms with E-state index in [1.54, 1.807) is 30.4 Å². The van der Waals surface area contributed by atoms with E-state index in [-0.39, 0.29) is 0 Å². The van der Waals surface area contributed by atoms with Crippen molar-refractivity contribution in [3.8, 4) is 0 Å². The Kier molecular flexibility index (Phi) is 5.56. The summed E-state index contributed by atoms with van der Waals surface area (Å²) in [6.07, 6.45) is 8.73. The van der Waals surface area contributed by atoms with Gasteiger partial charge in [-0.1, -0.05) is 6.42 Å². The first-order valence-corrected chi connectivity index (χ1v) is 5.92. The third-order valence-corrected chi connectivity index (χ3v) is 2.84. The predicted molar refractivity (Wildman–Crippen MR) is 60.3 cm³/mol. The van der Waals surface area contributed by atoms with Gasteiger partial charge in [-0.3, -0.25) is 4.98 Å². The van der Waals surface area contributed by atoms with E-state index in [9.17, 15) is 0 Å². The average Bonchev–Trinajstić information content (AvgIpc) is 2.18. The van der Waals surface area contributed by atoms with E-state index in [0.717, 1.165) is 17.2 Å². The first kappa shape index (κ1) is 11.5. The third-order valence-electron chi connectivity index (χ3n) is 1.84. The molecule has 4 heteroatoms. The van der Waals surface area contributed by atoms with Crippen LogP contribution in [0.4, 0.5) is 0 Å². The van der Waals surface area contributed by atoms with Crippen LogP contribution < -0.4 is 5.73 Å². The van der Waals surface area contributed by atoms with Crippen LogP contribution >= 0.6 is 11.8 Å². The fraction of sp³-hybridized carbons (Fsp3) is 0.600. The van der Waals surface area contributed by atoms with Crippen LogP contribution in [0.25, 0.3) is 0 Å². The van der Waals surface area contributed by atoms with Gasteiger partial charge in [0.25, 0.3) is 0 Å². The van der Waals surface area contributed by atoms with Crippen molar-refractivity contribution in [2.45, 2.75) is 37.3 Å². The molecule has 2 N–H and O–H groups in total. The second-order valence-electron chi connectivity index (χ2n) is 3.37. The van der Waals surface area contributed by atoms with Gasteiger partial charge in [-0.25, -0.2) is 4.98 Å². The lowest BCUT2D eigenvalue weighted by atomic mass is 10.2. The molecule has 0 saturated heterocycles. The van der Waals surface area contributed by atoms with Gasteiger partial charge in [0.05, 0.1) is 6.20 Å². The lowest BCUT2D eigenvalue weighted by Gasteiger charge is -2.03. The fourth-order valence-corrected chi connectivity index (χ4v) is 1.93. The molecular formula is C10H17N3S. The van der Waals surface area contributed by atoms with E-state index in [1.807, 2.05) is 0 Å². The Morgan fingerprint density at radius 1 is 1.43 bits per heavy atom. The van der Waals surface area contributed by atoms with Crippen LogP contribution in [0.3, 0.4) is 0 Å². The van der Waals surface area contributed by atoms with Crippen molar-refractivity contribution in [2.75, 3.05) is 5.75 Å². The first-order valence-electron chi connectivity index (χ1n) is 4.93. The fourth-order valence-electron chi connectivity index (χ4n) is 1.11. The number of unbranched alkanes of at least 4 members (excludes halogenated alkanes) is 1. The molecule has 1 atom stereocenters. The molecule has 1 aromatic rings. The van der Waals surface area contributed by atoms with Gasteiger partial charge in [-0.2, -0.15) is 0 Å². The minimum absolute atomic E-state index is 0.330. The highest BCUT2D eigenvalue weighted by molar-refractivity contribution is 7.99. The first-order chi connectivity index (χ1) is 6.79. The summed E-state index contributed by atoms with van der Waals surface area (Å²) in [4.78, 5) is 8.20. The topological polar surface area (TPSA) is 51.8 Å². The Bertz CT molecular complexity index is 238. The standard InChI is InChI=1S/C10H17N3S/c1-9(11)4-2-3-7-14-10-8-12-5-6-13-10/h5-6,8-9H,2-4,7,11H2,1H3. The maximum Gasteiger partial charge on any atom is 0.114 e. The molecule has 0 aromatic carbocycles. The van der Waals surface area contributed by atoms with Gasteiger partial charge in [0, 0.05) is 18.4 Å². The minimum atomic E-state index is 0.330. The molecule has 0 radical (unpaired) electrons. The Labute approximate surface area is 89.5 Å². The van der Waals surface area contributed by atoms with Gasteiger partial charge >= 0.3 is 0 Å². The van der Waals surface area contributed by atoms with E-state index in [1.165, 1.54) is 12.8 Å². The number of rotatable bonds is 6. The zero-order chi connectivity index (χ0) is 10.2. The van der Waals surface area contributed by atoms with Gasteiger partial charge < -0.3 is 5.73 Å². The summed E-state index contributed by atoms with van der Waals surface area (Å²) in [6, 6.07) is 0.330. The Morgan fingerprint density at radius 2 is 2.29 bits per heavy atom. The predicted octanol–water partition coefficient (Wildman–Crippen LogP) is 2.09. The van der Waals surface area contributed by atoms with Gasteiger partial charge in [-0.15, -0.1) is 11.8 Å². The minimum Gasteiger partial charge on any atom is -0.328 e. The molecule has 78 valence electrons. The summed E-state index contributed by atoms with van der Waals surface area (Å²) < 4.78 is 0. The molecule has 14 heavy (non-hydrogen) atoms. The Balaban J connectivity index is 2.05. The van der Waals surface area contributed by atoms with Crippen molar-refractivity contribution in [2.24, 2.45) is 5.73 Å². The number of hydrogen-bond donors (Lipinski definition) is 1. The highest BCUT2D eigenvalue weighted by atomic mass is 32.2. The second-order valence-corrected chi connectivity index (χ2v) is 4.48. The number of aromatic nitrogens is 2. The van der Waals surface area contributed by atoms with Crippen LogP contribution in [0.1, 0.15) is 26.2 Å². The van der Waals surface area contributed by atoms with E-state index in [0.29, 0.717) is 6.04 Å². The summed E-state index contributed by atoms with van der Waals surface area (Å²) in [5.74, 6) is 1.10. The smallest absolute Gasteiger partial charge is 0.114 e. The number of thioether (sulfide) groups is 1. The highest BCUT2D eigenvalue weighted by Gasteiger charge is 1.96. The van der Waals surface area contributed by atoms with Gasteiger partial charge in [0.1, 0.15) is 5.03 Å². The average molecular weight is 211 g/mol. The van der Waals surface area contributed by atoms with E-state index in [2.05, 4.69) is 16.9 Å². The second kappa shape index (κ2) is 6.79. The van der Waals surface area contributed by atoms with E-state index < -0.39 is 0 Å². The number of hydrogen-bond acceptors (Lipinski definition) is 4. The third kappa shape index (κ3) is 5.19. The maximum atomic E-state index is 5.66. The molecule has 0 aliphatic carbocycles. The van der Waals surface area contributed by atoms with Crippen LogP contribution in [0.2, 0.25) is 0 Å². The number of nitrogens with two attached hydrogens (primary N) is 1. The molecule has 0 fully saturated rings. The van der Waals surface area contributed by atoms with Gasteiger partial charge in [0.2, 0.25) is 0 Å². The van der Waals surface area contributed by atoms with E-state index in [4.69, 9.17) is 5.73 Å². The van der Waals surface area contributed by atoms with Crippen LogP contribution in [0.5, 0.6) is 0 Å². The van der Waals surface area contributed by atoms with Crippen molar-refractivity contribution >= 4 is 11.8 Å². The van der Waals surface area contributed by atoms with Crippen molar-refractivity contribution in [3.63, 3.8) is 0 Å². The molecule has 0 aliphatic rings. The van der Waals surface area contributed by atoms with Crippen LogP contribution in [0.15, 0.2) is 23.6 Å². The largest absolute Gasteiger partial charge is 0.328 e. The monoisotopic (exact) mass is 211 g/mol. The van der Waals surface area contributed by atoms with Crippen molar-refractivity contribution in [3.05, 3.63) is 18.6 Å². The molecule has 0 amide bonds. The lowest BCUT2D eigenvalue weighted by Crippen LogP contribution is -2.14. The van der Waals surface area contributed by atoms with Crippen LogP contribution in [0, 0.1) is 0 Å². The summed E-state index contributed by atoms with van der Waals surface area (Å²) in [5, 5.41) is 1.01. The highest BCUT2D eigenvalue weighted by Crippen LogP contribution is 2.15. The van der Waals surface area contributed by atoms with Gasteiger partial charge in [-0.05, 0) is 25.5 Å². The van der Waals surface area contributed by atoms with Crippen LogP contribution in [-0.4, -0.2) is 21.8 Å². The molecule has 0 spiro atoms. The molecule has 1 aromatic heterocycles. The van der Waals surface area contributed by atoms with Gasteiger partial charge in [0.15, 0.2) is 0 Å². The quantitative estimate of drug-likeness (QED) is 0.578. The normalized spacial score (nSPS) is 12.7.